The zero-order valence-corrected chi connectivity index (χ0v) is 16.1. The maximum Gasteiger partial charge on any atom is 0.417 e. The van der Waals surface area contributed by atoms with Crippen molar-refractivity contribution in [3.63, 3.8) is 0 Å². The lowest BCUT2D eigenvalue weighted by molar-refractivity contribution is -0.137. The molecular formula is C16H13BrF3N3O2S. The van der Waals surface area contributed by atoms with Gasteiger partial charge in [-0.15, -0.1) is 0 Å². The molecule has 2 aromatic heterocycles. The number of nitrogens with zero attached hydrogens (tertiary/aromatic N) is 3. The monoisotopic (exact) mass is 447 g/mol. The van der Waals surface area contributed by atoms with Gasteiger partial charge in [0.15, 0.2) is 15.5 Å². The molecule has 0 aliphatic carbocycles. The molecule has 10 heteroatoms. The van der Waals surface area contributed by atoms with Crippen LogP contribution in [0.25, 0.3) is 22.6 Å². The van der Waals surface area contributed by atoms with Crippen LogP contribution in [0.5, 0.6) is 0 Å². The number of alkyl halides is 3. The topological polar surface area (TPSA) is 64.8 Å². The summed E-state index contributed by atoms with van der Waals surface area (Å²) in [6.45, 7) is 1.52. The number of fused-ring (bicyclic) bond motifs is 1. The minimum absolute atomic E-state index is 0.0418. The van der Waals surface area contributed by atoms with Crippen LogP contribution in [-0.4, -0.2) is 28.7 Å². The highest BCUT2D eigenvalue weighted by atomic mass is 79.9. The Bertz CT molecular complexity index is 1110. The number of hydrogen-bond donors (Lipinski definition) is 0. The molecule has 0 radical (unpaired) electrons. The Labute approximate surface area is 155 Å². The summed E-state index contributed by atoms with van der Waals surface area (Å²) in [6, 6.07) is 5.58. The van der Waals surface area contributed by atoms with Gasteiger partial charge in [0.1, 0.15) is 11.3 Å². The summed E-state index contributed by atoms with van der Waals surface area (Å²) in [4.78, 5) is 8.12. The number of sulfone groups is 1. The third kappa shape index (κ3) is 3.23. The number of aryl methyl sites for hydroxylation is 1. The van der Waals surface area contributed by atoms with Crippen molar-refractivity contribution in [2.75, 3.05) is 5.75 Å². The predicted molar refractivity (Wildman–Crippen MR) is 94.4 cm³/mol. The molecule has 5 nitrogen and oxygen atoms in total. The molecule has 0 unspecified atom stereocenters. The van der Waals surface area contributed by atoms with Crippen molar-refractivity contribution in [1.82, 2.24) is 14.5 Å². The van der Waals surface area contributed by atoms with Gasteiger partial charge in [-0.25, -0.2) is 18.4 Å². The highest BCUT2D eigenvalue weighted by molar-refractivity contribution is 9.10. The second-order valence-electron chi connectivity index (χ2n) is 5.60. The maximum atomic E-state index is 12.9. The van der Waals surface area contributed by atoms with Crippen LogP contribution in [0.4, 0.5) is 13.2 Å². The fourth-order valence-electron chi connectivity index (χ4n) is 2.57. The van der Waals surface area contributed by atoms with Crippen LogP contribution in [0.15, 0.2) is 39.8 Å². The Morgan fingerprint density at radius 2 is 1.92 bits per heavy atom. The number of aromatic nitrogens is 3. The van der Waals surface area contributed by atoms with E-state index in [1.165, 1.54) is 17.6 Å². The third-order valence-electron chi connectivity index (χ3n) is 3.94. The first kappa shape index (κ1) is 18.8. The minimum Gasteiger partial charge on any atom is -0.312 e. The quantitative estimate of drug-likeness (QED) is 0.603. The molecule has 0 bridgehead atoms. The Balaban J connectivity index is 2.29. The molecule has 0 saturated carbocycles. The van der Waals surface area contributed by atoms with Crippen molar-refractivity contribution < 1.29 is 21.6 Å². The second-order valence-corrected chi connectivity index (χ2v) is 8.77. The van der Waals surface area contributed by atoms with Crippen LogP contribution < -0.4 is 0 Å². The lowest BCUT2D eigenvalue weighted by atomic mass is 10.2. The van der Waals surface area contributed by atoms with Gasteiger partial charge in [-0.05, 0) is 24.3 Å². The van der Waals surface area contributed by atoms with E-state index in [0.29, 0.717) is 10.0 Å². The van der Waals surface area contributed by atoms with Gasteiger partial charge in [0.25, 0.3) is 0 Å². The molecule has 0 fully saturated rings. The zero-order chi connectivity index (χ0) is 19.3. The largest absolute Gasteiger partial charge is 0.417 e. The Kier molecular flexibility index (Phi) is 4.60. The lowest BCUT2D eigenvalue weighted by Gasteiger charge is -2.10. The first-order valence-electron chi connectivity index (χ1n) is 7.47. The van der Waals surface area contributed by atoms with Crippen LogP contribution >= 0.6 is 15.9 Å². The number of rotatable bonds is 3. The fourth-order valence-corrected chi connectivity index (χ4v) is 4.19. The molecule has 0 spiro atoms. The number of pyridine rings is 1. The maximum absolute atomic E-state index is 12.9. The summed E-state index contributed by atoms with van der Waals surface area (Å²) >= 11 is 3.25. The highest BCUT2D eigenvalue weighted by Crippen LogP contribution is 2.34. The number of imidazole rings is 1. The van der Waals surface area contributed by atoms with Crippen molar-refractivity contribution in [1.29, 1.82) is 0 Å². The number of benzene rings is 1. The van der Waals surface area contributed by atoms with Crippen molar-refractivity contribution in [2.45, 2.75) is 18.0 Å². The van der Waals surface area contributed by atoms with Crippen LogP contribution in [0.1, 0.15) is 12.5 Å². The highest BCUT2D eigenvalue weighted by Gasteiger charge is 2.32. The second kappa shape index (κ2) is 6.34. The van der Waals surface area contributed by atoms with Crippen LogP contribution in [0.2, 0.25) is 0 Å². The van der Waals surface area contributed by atoms with E-state index in [-0.39, 0.29) is 27.6 Å². The van der Waals surface area contributed by atoms with Gasteiger partial charge < -0.3 is 4.57 Å². The molecule has 138 valence electrons. The zero-order valence-electron chi connectivity index (χ0n) is 13.7. The van der Waals surface area contributed by atoms with Gasteiger partial charge >= 0.3 is 6.18 Å². The fraction of sp³-hybridized carbons (Fsp3) is 0.250. The molecule has 0 amide bonds. The Hall–Kier alpha value is -1.94. The van der Waals surface area contributed by atoms with Gasteiger partial charge in [0, 0.05) is 23.3 Å². The SMILES string of the molecule is CCS(=O)(=O)c1cc(Br)ccc1-c1nc2cc(C(F)(F)F)cnc2n1C. The molecular weight excluding hydrogens is 435 g/mol. The summed E-state index contributed by atoms with van der Waals surface area (Å²) in [6.07, 6.45) is -3.80. The molecule has 0 atom stereocenters. The molecule has 26 heavy (non-hydrogen) atoms. The molecule has 0 N–H and O–H groups in total. The first-order valence-corrected chi connectivity index (χ1v) is 9.91. The van der Waals surface area contributed by atoms with Gasteiger partial charge in [0.05, 0.1) is 16.2 Å². The molecule has 3 aromatic rings. The smallest absolute Gasteiger partial charge is 0.312 e. The van der Waals surface area contributed by atoms with Crippen LogP contribution in [-0.2, 0) is 23.1 Å². The van der Waals surface area contributed by atoms with E-state index < -0.39 is 21.6 Å². The van der Waals surface area contributed by atoms with E-state index in [0.717, 1.165) is 12.3 Å². The summed E-state index contributed by atoms with van der Waals surface area (Å²) in [5.41, 5.74) is -0.327. The van der Waals surface area contributed by atoms with Crippen molar-refractivity contribution >= 4 is 36.9 Å². The Morgan fingerprint density at radius 1 is 1.23 bits per heavy atom. The third-order valence-corrected chi connectivity index (χ3v) is 6.20. The van der Waals surface area contributed by atoms with E-state index in [1.54, 1.807) is 19.2 Å². The van der Waals surface area contributed by atoms with E-state index in [2.05, 4.69) is 25.9 Å². The van der Waals surface area contributed by atoms with Crippen molar-refractivity contribution in [3.05, 3.63) is 40.5 Å². The number of hydrogen-bond acceptors (Lipinski definition) is 4. The van der Waals surface area contributed by atoms with Gasteiger partial charge in [-0.1, -0.05) is 22.9 Å². The average Bonchev–Trinajstić information content (AvgIpc) is 2.90. The molecule has 2 heterocycles. The summed E-state index contributed by atoms with van der Waals surface area (Å²) in [5.74, 6) is 0.114. The first-order chi connectivity index (χ1) is 12.0. The summed E-state index contributed by atoms with van der Waals surface area (Å²) in [5, 5.41) is 0. The molecule has 0 aliphatic rings. The summed E-state index contributed by atoms with van der Waals surface area (Å²) in [7, 11) is -1.99. The van der Waals surface area contributed by atoms with Gasteiger partial charge in [0.2, 0.25) is 0 Å². The summed E-state index contributed by atoms with van der Waals surface area (Å²) < 4.78 is 65.6. The van der Waals surface area contributed by atoms with Crippen LogP contribution in [0, 0.1) is 0 Å². The van der Waals surface area contributed by atoms with E-state index in [4.69, 9.17) is 0 Å². The number of halogens is 4. The van der Waals surface area contributed by atoms with E-state index in [1.807, 2.05) is 0 Å². The minimum atomic E-state index is -4.53. The molecule has 0 aliphatic heterocycles. The predicted octanol–water partition coefficient (Wildman–Crippen LogP) is 4.21. The van der Waals surface area contributed by atoms with E-state index >= 15 is 0 Å². The standard InChI is InChI=1S/C16H13BrF3N3O2S/c1-3-26(24,25)13-7-10(17)4-5-11(13)14-22-12-6-9(16(18,19)20)8-21-15(12)23(14)2/h4-8H,3H2,1-2H3. The average molecular weight is 448 g/mol. The molecule has 1 aromatic carbocycles. The molecule has 3 rings (SSSR count). The van der Waals surface area contributed by atoms with Crippen molar-refractivity contribution in [3.8, 4) is 11.4 Å². The van der Waals surface area contributed by atoms with Crippen LogP contribution in [0.3, 0.4) is 0 Å². The lowest BCUT2D eigenvalue weighted by Crippen LogP contribution is -2.07. The van der Waals surface area contributed by atoms with E-state index in [9.17, 15) is 21.6 Å². The Morgan fingerprint density at radius 3 is 2.54 bits per heavy atom. The van der Waals surface area contributed by atoms with Gasteiger partial charge in [-0.2, -0.15) is 13.2 Å². The normalized spacial score (nSPS) is 12.7. The molecule has 0 saturated heterocycles. The van der Waals surface area contributed by atoms with Crippen molar-refractivity contribution in [2.24, 2.45) is 7.05 Å². The van der Waals surface area contributed by atoms with Gasteiger partial charge in [-0.3, -0.25) is 0 Å².